The number of aromatic nitrogens is 4. The molecule has 0 radical (unpaired) electrons. The molecule has 6 nitrogen and oxygen atoms in total. The molecule has 8 aromatic carbocycles. The first kappa shape index (κ1) is 41.8. The van der Waals surface area contributed by atoms with Gasteiger partial charge in [0.25, 0.3) is 0 Å². The lowest BCUT2D eigenvalue weighted by molar-refractivity contribution is -0.137. The summed E-state index contributed by atoms with van der Waals surface area (Å²) >= 11 is 0. The molecule has 0 amide bonds. The minimum Gasteiger partial charge on any atom is -0.308 e. The van der Waals surface area contributed by atoms with Gasteiger partial charge in [0.05, 0.1) is 51.4 Å². The van der Waals surface area contributed by atoms with Crippen molar-refractivity contribution in [2.75, 3.05) is 0 Å². The van der Waals surface area contributed by atoms with Gasteiger partial charge in [-0.2, -0.15) is 18.4 Å². The lowest BCUT2D eigenvalue weighted by Gasteiger charge is -2.19. The van der Waals surface area contributed by atoms with Crippen LogP contribution in [0.5, 0.6) is 0 Å². The molecule has 4 aromatic heterocycles. The Morgan fingerprint density at radius 1 is 0.429 bits per heavy atom. The highest BCUT2D eigenvalue weighted by atomic mass is 19.4. The fourth-order valence-corrected chi connectivity index (χ4v) is 9.83. The zero-order chi connectivity index (χ0) is 47.5. The third kappa shape index (κ3) is 7.13. The van der Waals surface area contributed by atoms with Crippen LogP contribution in [0.25, 0.3) is 116 Å². The summed E-state index contributed by atoms with van der Waals surface area (Å²) in [4.78, 5) is 12.8. The Hall–Kier alpha value is -9.57. The minimum absolute atomic E-state index is 0.149. The third-order valence-electron chi connectivity index (χ3n) is 13.1. The second-order valence-corrected chi connectivity index (χ2v) is 17.1. The molecule has 0 saturated carbocycles. The summed E-state index contributed by atoms with van der Waals surface area (Å²) in [5, 5.41) is 15.2. The first-order valence-electron chi connectivity index (χ1n) is 22.5. The van der Waals surface area contributed by atoms with Crippen LogP contribution in [0, 0.1) is 17.9 Å². The highest BCUT2D eigenvalue weighted by molar-refractivity contribution is 6.12. The second-order valence-electron chi connectivity index (χ2n) is 17.1. The van der Waals surface area contributed by atoms with Crippen molar-refractivity contribution in [3.05, 3.63) is 235 Å². The van der Waals surface area contributed by atoms with Gasteiger partial charge in [-0.05, 0) is 124 Å². The molecule has 0 aliphatic carbocycles. The van der Waals surface area contributed by atoms with E-state index in [4.69, 9.17) is 6.57 Å². The van der Waals surface area contributed by atoms with Crippen molar-refractivity contribution in [3.8, 4) is 73.3 Å². The van der Waals surface area contributed by atoms with Crippen LogP contribution in [-0.2, 0) is 6.18 Å². The molecule has 9 heteroatoms. The maximum atomic E-state index is 14.6. The molecular weight excluding hydrogens is 874 g/mol. The molecule has 70 heavy (non-hydrogen) atoms. The van der Waals surface area contributed by atoms with Gasteiger partial charge in [-0.25, -0.2) is 4.85 Å². The third-order valence-corrected chi connectivity index (χ3v) is 13.1. The van der Waals surface area contributed by atoms with Crippen LogP contribution in [-0.4, -0.2) is 19.1 Å². The fraction of sp³-hybridized carbons (Fsp3) is 0.0164. The van der Waals surface area contributed by atoms with Gasteiger partial charge in [0.15, 0.2) is 5.69 Å². The normalized spacial score (nSPS) is 11.6. The smallest absolute Gasteiger partial charge is 0.308 e. The molecule has 0 aliphatic rings. The summed E-state index contributed by atoms with van der Waals surface area (Å²) in [6, 6.07) is 66.0. The molecule has 0 spiro atoms. The number of para-hydroxylation sites is 2. The van der Waals surface area contributed by atoms with E-state index in [2.05, 4.69) is 45.1 Å². The number of rotatable bonds is 7. The Bertz CT molecular complexity index is 3920. The lowest BCUT2D eigenvalue weighted by Crippen LogP contribution is -2.06. The number of nitriles is 1. The molecule has 0 atom stereocenters. The van der Waals surface area contributed by atoms with Crippen LogP contribution in [0.3, 0.4) is 0 Å². The predicted molar refractivity (Wildman–Crippen MR) is 274 cm³/mol. The van der Waals surface area contributed by atoms with Gasteiger partial charge in [-0.1, -0.05) is 109 Å². The molecule has 330 valence electrons. The van der Waals surface area contributed by atoms with E-state index in [0.29, 0.717) is 22.5 Å². The number of fused-ring (bicyclic) bond motifs is 6. The SMILES string of the molecule is [C-]#[N+]c1cc(-c2cc(-n3c4ccccc4c4cc(-c5ccnc(-c6ccccc6)c5)ccc43)c(C#N)c(-n3c4ccccc4c4cc(-c5ccnc(-c6ccccc6)c5)ccc43)c2)cc(C(F)(F)F)c1. The average Bonchev–Trinajstić information content (AvgIpc) is 3.92. The van der Waals surface area contributed by atoms with E-state index in [1.54, 1.807) is 24.5 Å². The standard InChI is InChI=1S/C61H35F3N6/c1-66-47-29-44(28-46(36-47)61(62,63)64)45-34-59(69-55-18-10-8-16-48(55)50-30-40(20-22-57(50)69)42-24-26-67-53(32-42)38-12-4-2-5-13-38)52(37-65)60(35-45)70-56-19-11-9-17-49(56)51-31-41(21-23-58(51)70)43-25-27-68-54(33-43)39-14-6-3-7-15-39/h2-36H. The Morgan fingerprint density at radius 3 is 1.34 bits per heavy atom. The van der Waals surface area contributed by atoms with Crippen molar-refractivity contribution in [3.63, 3.8) is 0 Å². The highest BCUT2D eigenvalue weighted by Gasteiger charge is 2.32. The van der Waals surface area contributed by atoms with Gasteiger partial charge in [0.2, 0.25) is 0 Å². The quantitative estimate of drug-likeness (QED) is 0.150. The summed E-state index contributed by atoms with van der Waals surface area (Å²) in [6.45, 7) is 7.81. The van der Waals surface area contributed by atoms with Crippen molar-refractivity contribution in [2.45, 2.75) is 6.18 Å². The maximum absolute atomic E-state index is 14.6. The zero-order valence-corrected chi connectivity index (χ0v) is 37.0. The van der Waals surface area contributed by atoms with E-state index in [1.807, 2.05) is 155 Å². The number of pyridine rings is 2. The molecule has 0 aliphatic heterocycles. The van der Waals surface area contributed by atoms with E-state index in [0.717, 1.165) is 101 Å². The van der Waals surface area contributed by atoms with E-state index in [-0.39, 0.29) is 11.3 Å². The van der Waals surface area contributed by atoms with Gasteiger partial charge in [0, 0.05) is 50.6 Å². The number of halogens is 3. The van der Waals surface area contributed by atoms with Crippen molar-refractivity contribution in [1.82, 2.24) is 19.1 Å². The van der Waals surface area contributed by atoms with E-state index in [1.165, 1.54) is 6.07 Å². The molecule has 0 fully saturated rings. The molecule has 12 rings (SSSR count). The topological polar surface area (TPSA) is 63.8 Å². The van der Waals surface area contributed by atoms with E-state index >= 15 is 0 Å². The number of hydrogen-bond donors (Lipinski definition) is 0. The van der Waals surface area contributed by atoms with Crippen LogP contribution in [0.1, 0.15) is 11.1 Å². The van der Waals surface area contributed by atoms with Crippen molar-refractivity contribution < 1.29 is 13.2 Å². The van der Waals surface area contributed by atoms with E-state index < -0.39 is 11.7 Å². The van der Waals surface area contributed by atoms with Gasteiger partial charge >= 0.3 is 6.18 Å². The zero-order valence-electron chi connectivity index (χ0n) is 37.0. The maximum Gasteiger partial charge on any atom is 0.415 e. The molecule has 0 N–H and O–H groups in total. The summed E-state index contributed by atoms with van der Waals surface area (Å²) in [5.74, 6) is 0. The molecule has 4 heterocycles. The largest absolute Gasteiger partial charge is 0.415 e. The van der Waals surface area contributed by atoms with Crippen molar-refractivity contribution in [1.29, 1.82) is 5.26 Å². The monoisotopic (exact) mass is 908 g/mol. The predicted octanol–water partition coefficient (Wildman–Crippen LogP) is 16.4. The number of alkyl halides is 3. The van der Waals surface area contributed by atoms with Crippen LogP contribution in [0.15, 0.2) is 213 Å². The summed E-state index contributed by atoms with van der Waals surface area (Å²) in [5.41, 5.74) is 11.5. The van der Waals surface area contributed by atoms with Crippen molar-refractivity contribution >= 4 is 49.3 Å². The lowest BCUT2D eigenvalue weighted by atomic mass is 9.97. The summed E-state index contributed by atoms with van der Waals surface area (Å²) in [7, 11) is 0. The first-order chi connectivity index (χ1) is 34.2. The molecule has 0 bridgehead atoms. The highest BCUT2D eigenvalue weighted by Crippen LogP contribution is 2.44. The van der Waals surface area contributed by atoms with Gasteiger partial charge in [-0.15, -0.1) is 0 Å². The average molecular weight is 909 g/mol. The summed E-state index contributed by atoms with van der Waals surface area (Å²) in [6.07, 6.45) is -1.10. The van der Waals surface area contributed by atoms with Crippen LogP contribution in [0.2, 0.25) is 0 Å². The minimum atomic E-state index is -4.71. The molecule has 0 saturated heterocycles. The molecular formula is C61H35F3N6. The first-order valence-corrected chi connectivity index (χ1v) is 22.5. The second kappa shape index (κ2) is 16.6. The molecule has 0 unspecified atom stereocenters. The van der Waals surface area contributed by atoms with Gasteiger partial charge in [-0.3, -0.25) is 9.97 Å². The van der Waals surface area contributed by atoms with Crippen LogP contribution >= 0.6 is 0 Å². The van der Waals surface area contributed by atoms with Crippen LogP contribution < -0.4 is 0 Å². The molecule has 12 aromatic rings. The number of benzene rings is 8. The number of hydrogen-bond acceptors (Lipinski definition) is 3. The van der Waals surface area contributed by atoms with Crippen molar-refractivity contribution in [2.24, 2.45) is 0 Å². The van der Waals surface area contributed by atoms with Gasteiger partial charge in [0.1, 0.15) is 11.6 Å². The van der Waals surface area contributed by atoms with Gasteiger partial charge < -0.3 is 9.13 Å². The number of nitrogens with zero attached hydrogens (tertiary/aromatic N) is 6. The fourth-order valence-electron chi connectivity index (χ4n) is 9.83. The Balaban J connectivity index is 1.12. The summed E-state index contributed by atoms with van der Waals surface area (Å²) < 4.78 is 47.8. The van der Waals surface area contributed by atoms with Crippen LogP contribution in [0.4, 0.5) is 18.9 Å². The Labute approximate surface area is 399 Å². The Morgan fingerprint density at radius 2 is 0.871 bits per heavy atom. The van der Waals surface area contributed by atoms with E-state index in [9.17, 15) is 18.4 Å². The Kier molecular flexibility index (Phi) is 9.94.